The number of fused-ring (bicyclic) bond motifs is 2. The smallest absolute Gasteiger partial charge is 0.322 e. The number of amides is 4. The van der Waals surface area contributed by atoms with E-state index in [1.165, 1.54) is 12.8 Å². The standard InChI is InChI=1S/C37H49N7O3/c1-25-20-26(22-31-24-39-41-35(25)31)21-30(36(46)43-15-8-28(9-16-43)27-6-13-38-14-7-27)23-34(45)42-17-11-32(12-18-42)44-19-10-29-4-2-3-5-33(29)40-37(44)47/h2-5,20,22,24,27-28,30,32,38H,6-19,21,23H2,1H3,(H,39,41)(H,40,47). The van der Waals surface area contributed by atoms with Crippen molar-refractivity contribution in [1.29, 1.82) is 0 Å². The van der Waals surface area contributed by atoms with E-state index < -0.39 is 5.92 Å². The number of benzene rings is 2. The molecule has 1 aromatic heterocycles. The van der Waals surface area contributed by atoms with Crippen molar-refractivity contribution in [2.24, 2.45) is 17.8 Å². The third-order valence-corrected chi connectivity index (χ3v) is 11.4. The molecule has 3 fully saturated rings. The summed E-state index contributed by atoms with van der Waals surface area (Å²) < 4.78 is 0. The number of carbonyl (C=O) groups excluding carboxylic acids is 3. The quantitative estimate of drug-likeness (QED) is 0.346. The van der Waals surface area contributed by atoms with Crippen molar-refractivity contribution >= 4 is 34.4 Å². The van der Waals surface area contributed by atoms with Gasteiger partial charge in [0.15, 0.2) is 0 Å². The van der Waals surface area contributed by atoms with Crippen molar-refractivity contribution in [2.75, 3.05) is 51.1 Å². The summed E-state index contributed by atoms with van der Waals surface area (Å²) >= 11 is 0. The number of piperidine rings is 3. The van der Waals surface area contributed by atoms with Gasteiger partial charge in [0, 0.05) is 56.3 Å². The van der Waals surface area contributed by atoms with Crippen molar-refractivity contribution in [1.82, 2.24) is 30.2 Å². The highest BCUT2D eigenvalue weighted by Crippen LogP contribution is 2.32. The molecule has 0 spiro atoms. The largest absolute Gasteiger partial charge is 0.343 e. The van der Waals surface area contributed by atoms with Crippen molar-refractivity contribution in [2.45, 2.75) is 70.8 Å². The van der Waals surface area contributed by atoms with Crippen LogP contribution in [0.25, 0.3) is 10.9 Å². The molecule has 0 aliphatic carbocycles. The zero-order valence-electron chi connectivity index (χ0n) is 27.7. The molecule has 10 nitrogen and oxygen atoms in total. The predicted octanol–water partition coefficient (Wildman–Crippen LogP) is 4.74. The van der Waals surface area contributed by atoms with E-state index in [1.807, 2.05) is 39.1 Å². The average molecular weight is 640 g/mol. The molecule has 3 saturated heterocycles. The van der Waals surface area contributed by atoms with E-state index in [-0.39, 0.29) is 30.3 Å². The van der Waals surface area contributed by atoms with Gasteiger partial charge in [0.1, 0.15) is 0 Å². The van der Waals surface area contributed by atoms with Gasteiger partial charge in [-0.1, -0.05) is 24.3 Å². The molecule has 4 aliphatic rings. The normalized spacial score (nSPS) is 21.0. The zero-order valence-corrected chi connectivity index (χ0v) is 27.7. The number of nitrogens with one attached hydrogen (secondary N) is 3. The number of hydrogen-bond donors (Lipinski definition) is 3. The number of aryl methyl sites for hydroxylation is 1. The Kier molecular flexibility index (Phi) is 9.47. The molecule has 3 aromatic rings. The zero-order chi connectivity index (χ0) is 32.3. The topological polar surface area (TPSA) is 114 Å². The number of anilines is 1. The van der Waals surface area contributed by atoms with Crippen molar-refractivity contribution in [3.8, 4) is 0 Å². The SMILES string of the molecule is Cc1cc(CC(CC(=O)N2CCC(N3CCc4ccccc4NC3=O)CC2)C(=O)N2CCC(C3CCNCC3)CC2)cc2cn[nH]c12. The molecule has 4 aliphatic heterocycles. The Morgan fingerprint density at radius 3 is 2.43 bits per heavy atom. The van der Waals surface area contributed by atoms with Gasteiger partial charge in [-0.15, -0.1) is 0 Å². The van der Waals surface area contributed by atoms with E-state index in [4.69, 9.17) is 0 Å². The van der Waals surface area contributed by atoms with Gasteiger partial charge in [0.2, 0.25) is 11.8 Å². The third kappa shape index (κ3) is 7.03. The van der Waals surface area contributed by atoms with Crippen LogP contribution in [0.2, 0.25) is 0 Å². The summed E-state index contributed by atoms with van der Waals surface area (Å²) in [6.45, 7) is 7.70. The lowest BCUT2D eigenvalue weighted by Gasteiger charge is -2.40. The Morgan fingerprint density at radius 1 is 0.915 bits per heavy atom. The molecule has 0 radical (unpaired) electrons. The Hall–Kier alpha value is -3.92. The van der Waals surface area contributed by atoms with Crippen LogP contribution in [-0.2, 0) is 22.4 Å². The second kappa shape index (κ2) is 14.1. The maximum atomic E-state index is 14.2. The first-order valence-electron chi connectivity index (χ1n) is 17.8. The number of aromatic nitrogens is 2. The first-order valence-corrected chi connectivity index (χ1v) is 17.8. The van der Waals surface area contributed by atoms with E-state index in [1.54, 1.807) is 0 Å². The molecule has 3 N–H and O–H groups in total. The molecule has 4 amide bonds. The monoisotopic (exact) mass is 639 g/mol. The van der Waals surface area contributed by atoms with Gasteiger partial charge in [-0.2, -0.15) is 5.10 Å². The highest BCUT2D eigenvalue weighted by molar-refractivity contribution is 5.91. The van der Waals surface area contributed by atoms with E-state index in [0.717, 1.165) is 97.5 Å². The highest BCUT2D eigenvalue weighted by atomic mass is 16.2. The lowest BCUT2D eigenvalue weighted by atomic mass is 9.79. The number of para-hydroxylation sites is 1. The predicted molar refractivity (Wildman–Crippen MR) is 183 cm³/mol. The van der Waals surface area contributed by atoms with Gasteiger partial charge >= 0.3 is 6.03 Å². The molecule has 7 rings (SSSR count). The fourth-order valence-electron chi connectivity index (χ4n) is 8.63. The summed E-state index contributed by atoms with van der Waals surface area (Å²) in [5, 5.41) is 14.9. The minimum atomic E-state index is -0.408. The van der Waals surface area contributed by atoms with Crippen molar-refractivity contribution < 1.29 is 14.4 Å². The summed E-state index contributed by atoms with van der Waals surface area (Å²) in [5.41, 5.74) is 5.22. The second-order valence-electron chi connectivity index (χ2n) is 14.2. The number of aromatic amines is 1. The fourth-order valence-corrected chi connectivity index (χ4v) is 8.63. The summed E-state index contributed by atoms with van der Waals surface area (Å²) in [6, 6.07) is 12.3. The summed E-state index contributed by atoms with van der Waals surface area (Å²) in [4.78, 5) is 47.1. The van der Waals surface area contributed by atoms with Gasteiger partial charge in [0.25, 0.3) is 0 Å². The number of rotatable bonds is 7. The average Bonchev–Trinajstić information content (AvgIpc) is 3.52. The van der Waals surface area contributed by atoms with Crippen LogP contribution in [0.4, 0.5) is 10.5 Å². The van der Waals surface area contributed by atoms with Crippen molar-refractivity contribution in [3.05, 3.63) is 59.3 Å². The molecule has 2 aromatic carbocycles. The number of likely N-dealkylation sites (tertiary alicyclic amines) is 2. The third-order valence-electron chi connectivity index (χ3n) is 11.4. The van der Waals surface area contributed by atoms with Crippen molar-refractivity contribution in [3.63, 3.8) is 0 Å². The van der Waals surface area contributed by atoms with Gasteiger partial charge in [-0.25, -0.2) is 4.79 Å². The van der Waals surface area contributed by atoms with Gasteiger partial charge in [0.05, 0.1) is 17.6 Å². The maximum Gasteiger partial charge on any atom is 0.322 e. The van der Waals surface area contributed by atoms with Gasteiger partial charge in [-0.3, -0.25) is 14.7 Å². The Labute approximate surface area is 277 Å². The molecule has 0 bridgehead atoms. The maximum absolute atomic E-state index is 14.2. The molecule has 10 heteroatoms. The van der Waals surface area contributed by atoms with Crippen LogP contribution in [0, 0.1) is 24.7 Å². The lowest BCUT2D eigenvalue weighted by Crippen LogP contribution is -2.50. The van der Waals surface area contributed by atoms with Crippen LogP contribution in [0.5, 0.6) is 0 Å². The molecule has 1 unspecified atom stereocenters. The first kappa shape index (κ1) is 31.7. The lowest BCUT2D eigenvalue weighted by molar-refractivity contribution is -0.143. The van der Waals surface area contributed by atoms with Crippen LogP contribution in [0.3, 0.4) is 0 Å². The molecule has 1 atom stereocenters. The molecule has 5 heterocycles. The van der Waals surface area contributed by atoms with Crippen LogP contribution < -0.4 is 10.6 Å². The van der Waals surface area contributed by atoms with Crippen LogP contribution >= 0.6 is 0 Å². The fraction of sp³-hybridized carbons (Fsp3) is 0.568. The van der Waals surface area contributed by atoms with E-state index in [9.17, 15) is 14.4 Å². The second-order valence-corrected chi connectivity index (χ2v) is 14.2. The molecular weight excluding hydrogens is 590 g/mol. The number of carbonyl (C=O) groups is 3. The summed E-state index contributed by atoms with van der Waals surface area (Å²) in [7, 11) is 0. The van der Waals surface area contributed by atoms with Crippen LogP contribution in [0.1, 0.15) is 61.6 Å². The van der Waals surface area contributed by atoms with Crippen LogP contribution in [-0.4, -0.2) is 94.6 Å². The first-order chi connectivity index (χ1) is 22.9. The molecule has 47 heavy (non-hydrogen) atoms. The number of hydrogen-bond acceptors (Lipinski definition) is 5. The molecule has 0 saturated carbocycles. The van der Waals surface area contributed by atoms with E-state index in [2.05, 4.69) is 46.0 Å². The van der Waals surface area contributed by atoms with E-state index >= 15 is 0 Å². The minimum absolute atomic E-state index is 0.0419. The Morgan fingerprint density at radius 2 is 1.64 bits per heavy atom. The van der Waals surface area contributed by atoms with Crippen LogP contribution in [0.15, 0.2) is 42.6 Å². The van der Waals surface area contributed by atoms with E-state index in [0.29, 0.717) is 32.0 Å². The van der Waals surface area contributed by atoms with Gasteiger partial charge < -0.3 is 25.3 Å². The number of urea groups is 1. The Balaban J connectivity index is 1.00. The Bertz CT molecular complexity index is 1580. The number of H-pyrrole nitrogens is 1. The summed E-state index contributed by atoms with van der Waals surface area (Å²) in [6.07, 6.45) is 9.45. The summed E-state index contributed by atoms with van der Waals surface area (Å²) in [5.74, 6) is 1.19. The molecular formula is C37H49N7O3. The highest BCUT2D eigenvalue weighted by Gasteiger charge is 2.36. The molecule has 250 valence electrons. The minimum Gasteiger partial charge on any atom is -0.343 e. The van der Waals surface area contributed by atoms with Gasteiger partial charge in [-0.05, 0) is 112 Å². The number of nitrogens with zero attached hydrogens (tertiary/aromatic N) is 4.